The van der Waals surface area contributed by atoms with Gasteiger partial charge in [0.2, 0.25) is 0 Å². The average Bonchev–Trinajstić information content (AvgIpc) is 2.19. The Morgan fingerprint density at radius 3 is 2.06 bits per heavy atom. The van der Waals surface area contributed by atoms with E-state index in [0.29, 0.717) is 12.1 Å². The third-order valence-electron chi connectivity index (χ3n) is 2.04. The molecule has 0 aliphatic rings. The lowest BCUT2D eigenvalue weighted by Crippen LogP contribution is -2.40. The highest BCUT2D eigenvalue weighted by atomic mass is 19.4. The van der Waals surface area contributed by atoms with Gasteiger partial charge >= 0.3 is 12.1 Å². The molecule has 0 aliphatic heterocycles. The van der Waals surface area contributed by atoms with Gasteiger partial charge in [-0.05, 0) is 17.7 Å². The zero-order valence-corrected chi connectivity index (χ0v) is 8.10. The number of aromatic hydroxyl groups is 1. The smallest absolute Gasteiger partial charge is 0.456 e. The zero-order valence-electron chi connectivity index (χ0n) is 8.10. The van der Waals surface area contributed by atoms with Crippen molar-refractivity contribution in [3.05, 3.63) is 23.8 Å². The van der Waals surface area contributed by atoms with Crippen LogP contribution in [0.3, 0.4) is 0 Å². The highest BCUT2D eigenvalue weighted by molar-refractivity contribution is 5.53. The molecule has 0 aromatic heterocycles. The molecule has 0 radical (unpaired) electrons. The molecule has 0 fully saturated rings. The molecule has 1 rings (SSSR count). The Morgan fingerprint density at radius 1 is 1.12 bits per heavy atom. The van der Waals surface area contributed by atoms with Crippen LogP contribution in [0.5, 0.6) is 5.75 Å². The highest BCUT2D eigenvalue weighted by Crippen LogP contribution is 2.47. The van der Waals surface area contributed by atoms with Crippen LogP contribution >= 0.6 is 0 Å². The number of hydrogen-bond donors (Lipinski definition) is 2. The van der Waals surface area contributed by atoms with E-state index in [1.807, 2.05) is 0 Å². The predicted octanol–water partition coefficient (Wildman–Crippen LogP) is 3.18. The maximum atomic E-state index is 13.1. The van der Waals surface area contributed by atoms with Crippen LogP contribution < -0.4 is 5.73 Å². The van der Waals surface area contributed by atoms with E-state index in [2.05, 4.69) is 0 Å². The molecule has 1 atom stereocenters. The summed E-state index contributed by atoms with van der Waals surface area (Å²) < 4.78 is 74.0. The molecule has 0 bridgehead atoms. The first-order valence-electron chi connectivity index (χ1n) is 4.24. The van der Waals surface area contributed by atoms with Crippen LogP contribution in [0.4, 0.5) is 32.0 Å². The van der Waals surface area contributed by atoms with Gasteiger partial charge in [-0.1, -0.05) is 6.07 Å². The summed E-state index contributed by atoms with van der Waals surface area (Å²) in [4.78, 5) is 0. The topological polar surface area (TPSA) is 46.2 Å². The first-order valence-corrected chi connectivity index (χ1v) is 4.24. The van der Waals surface area contributed by atoms with E-state index in [1.165, 1.54) is 0 Å². The summed E-state index contributed by atoms with van der Waals surface area (Å²) >= 11 is 0. The van der Waals surface area contributed by atoms with E-state index >= 15 is 0 Å². The number of alkyl halides is 6. The molecule has 96 valence electrons. The van der Waals surface area contributed by atoms with Gasteiger partial charge in [-0.2, -0.15) is 22.0 Å². The molecule has 1 aromatic carbocycles. The van der Waals surface area contributed by atoms with Crippen LogP contribution in [-0.4, -0.2) is 17.2 Å². The molecular weight excluding hydrogens is 252 g/mol. The predicted molar refractivity (Wildman–Crippen MR) is 47.4 cm³/mol. The summed E-state index contributed by atoms with van der Waals surface area (Å²) in [6, 6.07) is 1.87. The fourth-order valence-corrected chi connectivity index (χ4v) is 1.08. The number of rotatable bonds is 2. The van der Waals surface area contributed by atoms with Crippen LogP contribution in [0.1, 0.15) is 11.7 Å². The Labute approximate surface area is 91.7 Å². The quantitative estimate of drug-likeness (QED) is 0.486. The van der Waals surface area contributed by atoms with Crippen molar-refractivity contribution in [2.24, 2.45) is 0 Å². The van der Waals surface area contributed by atoms with Crippen molar-refractivity contribution >= 4 is 5.69 Å². The number of anilines is 1. The Bertz CT molecular complexity index is 416. The Kier molecular flexibility index (Phi) is 3.17. The van der Waals surface area contributed by atoms with Gasteiger partial charge in [0.15, 0.2) is 6.17 Å². The van der Waals surface area contributed by atoms with Crippen molar-refractivity contribution in [2.45, 2.75) is 18.3 Å². The number of phenols is 1. The molecule has 1 aromatic rings. The molecule has 1 unspecified atom stereocenters. The van der Waals surface area contributed by atoms with Crippen molar-refractivity contribution in [3.63, 3.8) is 0 Å². The van der Waals surface area contributed by atoms with E-state index in [4.69, 9.17) is 10.8 Å². The highest BCUT2D eigenvalue weighted by Gasteiger charge is 2.63. The number of nitrogen functional groups attached to an aromatic ring is 1. The van der Waals surface area contributed by atoms with E-state index < -0.39 is 35.3 Å². The number of hydrogen-bond acceptors (Lipinski definition) is 2. The summed E-state index contributed by atoms with van der Waals surface area (Å²) in [5, 5.41) is 8.93. The number of phenolic OH excluding ortho intramolecular Hbond substituents is 1. The Balaban J connectivity index is 3.12. The Hall–Kier alpha value is -1.60. The maximum absolute atomic E-state index is 13.1. The second kappa shape index (κ2) is 4.01. The summed E-state index contributed by atoms with van der Waals surface area (Å²) in [7, 11) is 0. The molecule has 3 N–H and O–H groups in total. The summed E-state index contributed by atoms with van der Waals surface area (Å²) in [6.45, 7) is 0. The third-order valence-corrected chi connectivity index (χ3v) is 2.04. The minimum atomic E-state index is -6.00. The van der Waals surface area contributed by atoms with E-state index in [-0.39, 0.29) is 0 Å². The lowest BCUT2D eigenvalue weighted by molar-refractivity contribution is -0.305. The molecule has 0 spiro atoms. The average molecular weight is 259 g/mol. The molecule has 0 saturated heterocycles. The van der Waals surface area contributed by atoms with Gasteiger partial charge in [-0.25, -0.2) is 4.39 Å². The fourth-order valence-electron chi connectivity index (χ4n) is 1.08. The first-order chi connectivity index (χ1) is 7.57. The molecule has 8 heteroatoms. The molecule has 0 amide bonds. The number of halogens is 6. The summed E-state index contributed by atoms with van der Waals surface area (Å²) in [6.07, 6.45) is -9.58. The summed E-state index contributed by atoms with van der Waals surface area (Å²) in [5.41, 5.74) is 3.63. The van der Waals surface area contributed by atoms with Crippen LogP contribution in [-0.2, 0) is 0 Å². The van der Waals surface area contributed by atoms with Crippen LogP contribution in [0.15, 0.2) is 18.2 Å². The van der Waals surface area contributed by atoms with Gasteiger partial charge in [-0.15, -0.1) is 0 Å². The molecule has 0 heterocycles. The lowest BCUT2D eigenvalue weighted by atomic mass is 10.0. The monoisotopic (exact) mass is 259 g/mol. The molecule has 0 saturated carbocycles. The minimum Gasteiger partial charge on any atom is -0.506 e. The van der Waals surface area contributed by atoms with Gasteiger partial charge in [0.05, 0.1) is 5.69 Å². The second-order valence-electron chi connectivity index (χ2n) is 3.30. The van der Waals surface area contributed by atoms with Gasteiger partial charge in [0.25, 0.3) is 0 Å². The van der Waals surface area contributed by atoms with E-state index in [0.717, 1.165) is 6.07 Å². The van der Waals surface area contributed by atoms with Crippen molar-refractivity contribution in [3.8, 4) is 5.75 Å². The van der Waals surface area contributed by atoms with E-state index in [9.17, 15) is 26.3 Å². The number of nitrogens with two attached hydrogens (primary N) is 1. The van der Waals surface area contributed by atoms with Crippen molar-refractivity contribution in [1.82, 2.24) is 0 Å². The third kappa shape index (κ3) is 2.40. The standard InChI is InChI=1S/C9H7F6NO/c10-7(8(11,12)9(13,14)15)4-1-2-6(17)5(16)3-4/h1-3,7,17H,16H2. The van der Waals surface area contributed by atoms with E-state index in [1.54, 1.807) is 0 Å². The number of benzene rings is 1. The van der Waals surface area contributed by atoms with Crippen molar-refractivity contribution < 1.29 is 31.4 Å². The molecule has 0 aliphatic carbocycles. The minimum absolute atomic E-state index is 0.483. The Morgan fingerprint density at radius 2 is 1.65 bits per heavy atom. The SMILES string of the molecule is Nc1cc(C(F)C(F)(F)C(F)(F)F)ccc1O. The second-order valence-corrected chi connectivity index (χ2v) is 3.30. The zero-order chi connectivity index (χ0) is 13.4. The van der Waals surface area contributed by atoms with Gasteiger partial charge in [0, 0.05) is 0 Å². The largest absolute Gasteiger partial charge is 0.506 e. The van der Waals surface area contributed by atoms with Crippen LogP contribution in [0, 0.1) is 0 Å². The lowest BCUT2D eigenvalue weighted by Gasteiger charge is -2.23. The van der Waals surface area contributed by atoms with Crippen LogP contribution in [0.2, 0.25) is 0 Å². The summed E-state index contributed by atoms with van der Waals surface area (Å²) in [5.74, 6) is -6.05. The van der Waals surface area contributed by atoms with Gasteiger partial charge in [-0.3, -0.25) is 0 Å². The van der Waals surface area contributed by atoms with Crippen LogP contribution in [0.25, 0.3) is 0 Å². The fraction of sp³-hybridized carbons (Fsp3) is 0.333. The normalized spacial score (nSPS) is 14.7. The van der Waals surface area contributed by atoms with Gasteiger partial charge in [0.1, 0.15) is 5.75 Å². The molecule has 2 nitrogen and oxygen atoms in total. The first kappa shape index (κ1) is 13.5. The van der Waals surface area contributed by atoms with Crippen molar-refractivity contribution in [2.75, 3.05) is 5.73 Å². The van der Waals surface area contributed by atoms with Gasteiger partial charge < -0.3 is 10.8 Å². The molecule has 17 heavy (non-hydrogen) atoms. The maximum Gasteiger partial charge on any atom is 0.456 e. The van der Waals surface area contributed by atoms with Crippen molar-refractivity contribution in [1.29, 1.82) is 0 Å². The molecular formula is C9H7F6NO.